The minimum Gasteiger partial charge on any atom is -0.396 e. The summed E-state index contributed by atoms with van der Waals surface area (Å²) in [7, 11) is 0. The normalized spacial score (nSPS) is 23.3. The van der Waals surface area contributed by atoms with Crippen LogP contribution in [0, 0.1) is 0 Å². The van der Waals surface area contributed by atoms with Crippen LogP contribution in [-0.4, -0.2) is 40.1 Å². The van der Waals surface area contributed by atoms with Crippen molar-refractivity contribution in [2.45, 2.75) is 72.1 Å². The van der Waals surface area contributed by atoms with Gasteiger partial charge in [0.25, 0.3) is 13.7 Å². The van der Waals surface area contributed by atoms with Gasteiger partial charge >= 0.3 is 0 Å². The Labute approximate surface area is 158 Å². The summed E-state index contributed by atoms with van der Waals surface area (Å²) < 4.78 is 1.98. The van der Waals surface area contributed by atoms with Crippen LogP contribution in [0.4, 0.5) is 11.6 Å². The van der Waals surface area contributed by atoms with Crippen LogP contribution in [0.3, 0.4) is 0 Å². The van der Waals surface area contributed by atoms with Crippen LogP contribution >= 0.6 is 0 Å². The van der Waals surface area contributed by atoms with Crippen molar-refractivity contribution < 1.29 is 0 Å². The summed E-state index contributed by atoms with van der Waals surface area (Å²) in [5, 5.41) is 12.5. The van der Waals surface area contributed by atoms with Crippen molar-refractivity contribution in [3.05, 3.63) is 30.3 Å². The van der Waals surface area contributed by atoms with E-state index in [9.17, 15) is 0 Å². The first-order valence-corrected chi connectivity index (χ1v) is 9.76. The molecule has 0 amide bonds. The van der Waals surface area contributed by atoms with E-state index in [1.54, 1.807) is 0 Å². The molecule has 2 unspecified atom stereocenters. The summed E-state index contributed by atoms with van der Waals surface area (Å²) >= 11 is 0. The number of rotatable bonds is 1. The molecule has 1 fully saturated rings. The molecule has 0 aliphatic carbocycles. The molecular weight excluding hydrogens is 322 g/mol. The molecule has 1 aromatic carbocycles. The van der Waals surface area contributed by atoms with Crippen molar-refractivity contribution in [3.63, 3.8) is 0 Å². The fourth-order valence-corrected chi connectivity index (χ4v) is 4.26. The van der Waals surface area contributed by atoms with E-state index < -0.39 is 0 Å². The van der Waals surface area contributed by atoms with Crippen LogP contribution in [0.15, 0.2) is 30.3 Å². The van der Waals surface area contributed by atoms with E-state index in [0.29, 0.717) is 19.4 Å². The second kappa shape index (κ2) is 6.97. The Morgan fingerprint density at radius 3 is 2.23 bits per heavy atom. The average molecular weight is 352 g/mol. The highest BCUT2D eigenvalue weighted by Crippen LogP contribution is 2.46. The maximum atomic E-state index is 4.32. The Kier molecular flexibility index (Phi) is 5.04. The van der Waals surface area contributed by atoms with Crippen molar-refractivity contribution in [1.82, 2.24) is 20.2 Å². The van der Waals surface area contributed by atoms with Gasteiger partial charge in [-0.2, -0.15) is 0 Å². The summed E-state index contributed by atoms with van der Waals surface area (Å²) in [6.45, 7) is 16.5. The lowest BCUT2D eigenvalue weighted by Crippen LogP contribution is -2.70. The molecule has 0 spiro atoms. The van der Waals surface area contributed by atoms with Gasteiger partial charge in [-0.15, -0.1) is 0 Å². The monoisotopic (exact) mass is 352 g/mol. The van der Waals surface area contributed by atoms with E-state index >= 15 is 0 Å². The van der Waals surface area contributed by atoms with Crippen molar-refractivity contribution in [2.24, 2.45) is 0 Å². The number of aromatic nitrogens is 4. The zero-order valence-corrected chi connectivity index (χ0v) is 17.1. The molecule has 2 aromatic rings. The maximum absolute atomic E-state index is 4.32. The highest BCUT2D eigenvalue weighted by molar-refractivity contribution is 6.84. The number of benzene rings is 1. The predicted octanol–water partition coefficient (Wildman–Crippen LogP) is 3.66. The Morgan fingerprint density at radius 1 is 1.04 bits per heavy atom. The third kappa shape index (κ3) is 2.70. The SMILES string of the molecule is CB1C(C)B(C)N2c3nnnn3C(C)(C)C2N1c1ccccc1.CCC. The van der Waals surface area contributed by atoms with Crippen molar-refractivity contribution in [3.8, 4) is 0 Å². The number of hydrogen-bond donors (Lipinski definition) is 0. The molecule has 6 nitrogen and oxygen atoms in total. The average Bonchev–Trinajstić information content (AvgIpc) is 3.17. The molecule has 2 atom stereocenters. The van der Waals surface area contributed by atoms with E-state index in [2.05, 4.69) is 104 Å². The molecule has 1 saturated heterocycles. The molecule has 26 heavy (non-hydrogen) atoms. The molecule has 2 aliphatic rings. The third-order valence-electron chi connectivity index (χ3n) is 5.84. The predicted molar refractivity (Wildman–Crippen MR) is 111 cm³/mol. The topological polar surface area (TPSA) is 50.1 Å². The number of para-hydroxylation sites is 1. The smallest absolute Gasteiger partial charge is 0.255 e. The van der Waals surface area contributed by atoms with Gasteiger partial charge < -0.3 is 9.62 Å². The van der Waals surface area contributed by atoms with Gasteiger partial charge in [-0.25, -0.2) is 4.68 Å². The van der Waals surface area contributed by atoms with Gasteiger partial charge in [0.2, 0.25) is 5.95 Å². The third-order valence-corrected chi connectivity index (χ3v) is 5.84. The lowest BCUT2D eigenvalue weighted by molar-refractivity contribution is 0.297. The second-order valence-corrected chi connectivity index (χ2v) is 8.12. The van der Waals surface area contributed by atoms with E-state index in [4.69, 9.17) is 0 Å². The standard InChI is InChI=1S/C15H22B2N6.C3H8/c1-11-16(4)21(12-9-7-6-8-10-12)13-15(2,3)23-14(18-19-20-23)22(13)17(11)5;1-3-2/h6-11,13H,1-5H3;3H2,1-2H3. The fourth-order valence-electron chi connectivity index (χ4n) is 4.26. The first-order chi connectivity index (χ1) is 12.4. The molecular formula is C18H30B2N6. The zero-order chi connectivity index (χ0) is 19.1. The largest absolute Gasteiger partial charge is 0.396 e. The molecule has 4 rings (SSSR count). The number of hydrogen-bond acceptors (Lipinski definition) is 5. The zero-order valence-electron chi connectivity index (χ0n) is 17.1. The van der Waals surface area contributed by atoms with Gasteiger partial charge in [-0.05, 0) is 42.1 Å². The van der Waals surface area contributed by atoms with Crippen LogP contribution in [0.5, 0.6) is 0 Å². The lowest BCUT2D eigenvalue weighted by Gasteiger charge is -2.53. The number of anilines is 2. The van der Waals surface area contributed by atoms with E-state index in [1.807, 2.05) is 4.68 Å². The molecule has 138 valence electrons. The Balaban J connectivity index is 0.000000613. The van der Waals surface area contributed by atoms with Gasteiger partial charge in [0, 0.05) is 5.69 Å². The number of fused-ring (bicyclic) bond motifs is 3. The summed E-state index contributed by atoms with van der Waals surface area (Å²) in [6, 6.07) is 10.7. The van der Waals surface area contributed by atoms with Crippen molar-refractivity contribution in [1.29, 1.82) is 0 Å². The van der Waals surface area contributed by atoms with Crippen LogP contribution < -0.4 is 9.62 Å². The van der Waals surface area contributed by atoms with Crippen LogP contribution in [0.25, 0.3) is 0 Å². The Morgan fingerprint density at radius 2 is 1.62 bits per heavy atom. The summed E-state index contributed by atoms with van der Waals surface area (Å²) in [6.07, 6.45) is 1.43. The van der Waals surface area contributed by atoms with Gasteiger partial charge in [0.15, 0.2) is 0 Å². The molecule has 1 aromatic heterocycles. The highest BCUT2D eigenvalue weighted by atomic mass is 15.7. The Hall–Kier alpha value is -1.98. The number of nitrogens with zero attached hydrogens (tertiary/aromatic N) is 6. The minimum atomic E-state index is -0.197. The Bertz CT molecular complexity index is 734. The summed E-state index contributed by atoms with van der Waals surface area (Å²) in [5.74, 6) is 0.882. The van der Waals surface area contributed by atoms with E-state index in [0.717, 1.165) is 5.95 Å². The quantitative estimate of drug-likeness (QED) is 0.733. The van der Waals surface area contributed by atoms with Crippen LogP contribution in [0.1, 0.15) is 41.0 Å². The van der Waals surface area contributed by atoms with Crippen LogP contribution in [0.2, 0.25) is 19.4 Å². The van der Waals surface area contributed by atoms with Gasteiger partial charge in [-0.3, -0.25) is 0 Å². The minimum absolute atomic E-state index is 0.184. The number of tetrazole rings is 1. The molecule has 0 radical (unpaired) electrons. The van der Waals surface area contributed by atoms with Crippen LogP contribution in [-0.2, 0) is 5.54 Å². The lowest BCUT2D eigenvalue weighted by atomic mass is 9.30. The molecule has 0 saturated carbocycles. The van der Waals surface area contributed by atoms with Crippen molar-refractivity contribution in [2.75, 3.05) is 9.62 Å². The molecule has 3 heterocycles. The second-order valence-electron chi connectivity index (χ2n) is 8.12. The molecule has 0 bridgehead atoms. The van der Waals surface area contributed by atoms with Gasteiger partial charge in [-0.1, -0.05) is 64.1 Å². The van der Waals surface area contributed by atoms with E-state index in [1.165, 1.54) is 12.1 Å². The first-order valence-electron chi connectivity index (χ1n) is 9.76. The maximum Gasteiger partial charge on any atom is 0.255 e. The summed E-state index contributed by atoms with van der Waals surface area (Å²) in [5.41, 5.74) is 1.56. The molecule has 8 heteroatoms. The summed E-state index contributed by atoms with van der Waals surface area (Å²) in [4.78, 5) is 4.93. The van der Waals surface area contributed by atoms with Gasteiger partial charge in [0.1, 0.15) is 6.17 Å². The fraction of sp³-hybridized carbons (Fsp3) is 0.611. The highest BCUT2D eigenvalue weighted by Gasteiger charge is 2.58. The van der Waals surface area contributed by atoms with Gasteiger partial charge in [0.05, 0.1) is 5.54 Å². The molecule has 0 N–H and O–H groups in total. The van der Waals surface area contributed by atoms with E-state index in [-0.39, 0.29) is 11.7 Å². The van der Waals surface area contributed by atoms with Crippen molar-refractivity contribution >= 4 is 25.3 Å². The molecule has 2 aliphatic heterocycles. The first kappa shape index (κ1) is 18.8.